The molecule has 0 amide bonds. The molecule has 0 aliphatic heterocycles. The van der Waals surface area contributed by atoms with Crippen molar-refractivity contribution in [2.45, 2.75) is 0 Å². The van der Waals surface area contributed by atoms with E-state index in [9.17, 15) is 4.79 Å². The Morgan fingerprint density at radius 2 is 1.96 bits per heavy atom. The average molecular weight is 335 g/mol. The van der Waals surface area contributed by atoms with Gasteiger partial charge in [-0.2, -0.15) is 9.78 Å². The Morgan fingerprint density at radius 1 is 1.17 bits per heavy atom. The van der Waals surface area contributed by atoms with Crippen LogP contribution in [-0.4, -0.2) is 23.0 Å². The fourth-order valence-electron chi connectivity index (χ4n) is 2.47. The number of hydrogen-bond donors (Lipinski definition) is 0. The maximum atomic E-state index is 12.6. The summed E-state index contributed by atoms with van der Waals surface area (Å²) in [6.07, 6.45) is 3.09. The molecule has 0 N–H and O–H groups in total. The third-order valence-electron chi connectivity index (χ3n) is 3.71. The third-order valence-corrected chi connectivity index (χ3v) is 4.86. The molecule has 2 heterocycles. The van der Waals surface area contributed by atoms with Crippen LogP contribution in [0.15, 0.2) is 64.8 Å². The molecule has 0 aliphatic rings. The topological polar surface area (TPSA) is 56.5 Å². The van der Waals surface area contributed by atoms with Crippen LogP contribution < -0.4 is 10.3 Å². The summed E-state index contributed by atoms with van der Waals surface area (Å²) in [6, 6.07) is 15.3. The first-order valence-electron chi connectivity index (χ1n) is 7.33. The molecule has 6 heteroatoms. The largest absolute Gasteiger partial charge is 0.497 e. The molecule has 4 rings (SSSR count). The Morgan fingerprint density at radius 3 is 2.75 bits per heavy atom. The molecule has 118 valence electrons. The molecule has 0 radical (unpaired) electrons. The maximum Gasteiger partial charge on any atom is 0.291 e. The van der Waals surface area contributed by atoms with Crippen LogP contribution in [0.2, 0.25) is 0 Å². The first-order chi connectivity index (χ1) is 11.8. The van der Waals surface area contributed by atoms with Gasteiger partial charge in [-0.3, -0.25) is 4.79 Å². The first kappa shape index (κ1) is 14.6. The highest BCUT2D eigenvalue weighted by atomic mass is 32.1. The van der Waals surface area contributed by atoms with E-state index < -0.39 is 0 Å². The highest BCUT2D eigenvalue weighted by Gasteiger charge is 2.10. The summed E-state index contributed by atoms with van der Waals surface area (Å²) in [7, 11) is 1.62. The van der Waals surface area contributed by atoms with E-state index in [1.165, 1.54) is 22.3 Å². The first-order valence-corrected chi connectivity index (χ1v) is 8.15. The second-order valence-corrected chi connectivity index (χ2v) is 6.24. The summed E-state index contributed by atoms with van der Waals surface area (Å²) in [5.74, 6) is 0.776. The molecular weight excluding hydrogens is 322 g/mol. The molecule has 0 saturated carbocycles. The van der Waals surface area contributed by atoms with Gasteiger partial charge in [0.05, 0.1) is 18.8 Å². The lowest BCUT2D eigenvalue weighted by Crippen LogP contribution is -2.15. The van der Waals surface area contributed by atoms with Crippen molar-refractivity contribution in [2.75, 3.05) is 7.11 Å². The number of fused-ring (bicyclic) bond motifs is 3. The van der Waals surface area contributed by atoms with Crippen molar-refractivity contribution >= 4 is 37.9 Å². The maximum absolute atomic E-state index is 12.6. The van der Waals surface area contributed by atoms with Crippen LogP contribution in [0.25, 0.3) is 20.3 Å². The Hall–Kier alpha value is -2.99. The van der Waals surface area contributed by atoms with Gasteiger partial charge in [0.2, 0.25) is 0 Å². The van der Waals surface area contributed by atoms with E-state index in [0.717, 1.165) is 26.9 Å². The van der Waals surface area contributed by atoms with E-state index in [1.807, 2.05) is 48.5 Å². The Bertz CT molecular complexity index is 1110. The minimum Gasteiger partial charge on any atom is -0.497 e. The van der Waals surface area contributed by atoms with Crippen molar-refractivity contribution in [2.24, 2.45) is 5.10 Å². The average Bonchev–Trinajstić information content (AvgIpc) is 3.01. The van der Waals surface area contributed by atoms with Crippen LogP contribution in [0.5, 0.6) is 5.75 Å². The summed E-state index contributed by atoms with van der Waals surface area (Å²) in [6.45, 7) is 0. The van der Waals surface area contributed by atoms with Crippen LogP contribution in [0.4, 0.5) is 0 Å². The molecule has 0 fully saturated rings. The van der Waals surface area contributed by atoms with Gasteiger partial charge in [-0.15, -0.1) is 11.3 Å². The van der Waals surface area contributed by atoms with Gasteiger partial charge in [0.1, 0.15) is 16.8 Å². The number of ether oxygens (including phenoxy) is 1. The van der Waals surface area contributed by atoms with Crippen molar-refractivity contribution in [3.05, 3.63) is 70.8 Å². The van der Waals surface area contributed by atoms with E-state index in [1.54, 1.807) is 13.3 Å². The van der Waals surface area contributed by atoms with Crippen molar-refractivity contribution < 1.29 is 4.74 Å². The minimum absolute atomic E-state index is 0.161. The zero-order valence-corrected chi connectivity index (χ0v) is 13.7. The van der Waals surface area contributed by atoms with Crippen LogP contribution in [0, 0.1) is 0 Å². The molecule has 0 spiro atoms. The van der Waals surface area contributed by atoms with E-state index >= 15 is 0 Å². The fraction of sp³-hybridized carbons (Fsp3) is 0.0556. The molecule has 2 aromatic heterocycles. The zero-order chi connectivity index (χ0) is 16.5. The number of methoxy groups -OCH3 is 1. The molecule has 0 bridgehead atoms. The Labute approximate surface area is 141 Å². The molecule has 0 saturated heterocycles. The Kier molecular flexibility index (Phi) is 3.59. The van der Waals surface area contributed by atoms with E-state index in [-0.39, 0.29) is 5.56 Å². The van der Waals surface area contributed by atoms with Crippen molar-refractivity contribution in [3.63, 3.8) is 0 Å². The number of thiophene rings is 1. The number of benzene rings is 2. The van der Waals surface area contributed by atoms with E-state index in [4.69, 9.17) is 4.74 Å². The van der Waals surface area contributed by atoms with Crippen molar-refractivity contribution in [3.8, 4) is 5.75 Å². The van der Waals surface area contributed by atoms with Gasteiger partial charge in [-0.05, 0) is 35.9 Å². The highest BCUT2D eigenvalue weighted by molar-refractivity contribution is 7.25. The Balaban J connectivity index is 1.76. The molecule has 24 heavy (non-hydrogen) atoms. The lowest BCUT2D eigenvalue weighted by atomic mass is 10.2. The van der Waals surface area contributed by atoms with Crippen LogP contribution in [0.3, 0.4) is 0 Å². The van der Waals surface area contributed by atoms with Gasteiger partial charge in [0, 0.05) is 10.1 Å². The molecular formula is C18H13N3O2S. The van der Waals surface area contributed by atoms with Crippen LogP contribution in [0.1, 0.15) is 5.56 Å². The number of aromatic nitrogens is 2. The second-order valence-electron chi connectivity index (χ2n) is 5.19. The SMILES string of the molecule is COc1ccc(/C=N/n2cnc3c(sc4ccccc43)c2=O)cc1. The highest BCUT2D eigenvalue weighted by Crippen LogP contribution is 2.29. The minimum atomic E-state index is -0.161. The summed E-state index contributed by atoms with van der Waals surface area (Å²) < 4.78 is 8.05. The summed E-state index contributed by atoms with van der Waals surface area (Å²) in [5, 5.41) is 5.24. The summed E-state index contributed by atoms with van der Waals surface area (Å²) >= 11 is 1.44. The predicted octanol–water partition coefficient (Wildman–Crippen LogP) is 3.50. The van der Waals surface area contributed by atoms with Crippen molar-refractivity contribution in [1.29, 1.82) is 0 Å². The normalized spacial score (nSPS) is 11.5. The summed E-state index contributed by atoms with van der Waals surface area (Å²) in [5.41, 5.74) is 1.45. The lowest BCUT2D eigenvalue weighted by Gasteiger charge is -2.00. The van der Waals surface area contributed by atoms with E-state index in [0.29, 0.717) is 4.70 Å². The smallest absolute Gasteiger partial charge is 0.291 e. The van der Waals surface area contributed by atoms with Crippen LogP contribution >= 0.6 is 11.3 Å². The summed E-state index contributed by atoms with van der Waals surface area (Å²) in [4.78, 5) is 17.0. The van der Waals surface area contributed by atoms with Gasteiger partial charge in [-0.25, -0.2) is 4.98 Å². The molecule has 5 nitrogen and oxygen atoms in total. The third kappa shape index (κ3) is 2.47. The lowest BCUT2D eigenvalue weighted by molar-refractivity contribution is 0.415. The molecule has 0 aliphatic carbocycles. The fourth-order valence-corrected chi connectivity index (χ4v) is 3.56. The number of rotatable bonds is 3. The van der Waals surface area contributed by atoms with Gasteiger partial charge in [0.15, 0.2) is 0 Å². The van der Waals surface area contributed by atoms with Crippen LogP contribution in [-0.2, 0) is 0 Å². The molecule has 2 aromatic carbocycles. The number of hydrogen-bond acceptors (Lipinski definition) is 5. The second kappa shape index (κ2) is 5.90. The molecule has 0 unspecified atom stereocenters. The van der Waals surface area contributed by atoms with E-state index in [2.05, 4.69) is 10.1 Å². The van der Waals surface area contributed by atoms with Gasteiger partial charge in [-0.1, -0.05) is 18.2 Å². The predicted molar refractivity (Wildman–Crippen MR) is 97.4 cm³/mol. The monoisotopic (exact) mass is 335 g/mol. The van der Waals surface area contributed by atoms with Crippen molar-refractivity contribution in [1.82, 2.24) is 9.66 Å². The number of nitrogens with zero attached hydrogens (tertiary/aromatic N) is 3. The zero-order valence-electron chi connectivity index (χ0n) is 12.8. The molecule has 4 aromatic rings. The quantitative estimate of drug-likeness (QED) is 0.538. The van der Waals surface area contributed by atoms with Gasteiger partial charge in [0.25, 0.3) is 5.56 Å². The van der Waals surface area contributed by atoms with Gasteiger partial charge >= 0.3 is 0 Å². The molecule has 0 atom stereocenters. The standard InChI is InChI=1S/C18H13N3O2S/c1-23-13-8-6-12(7-9-13)10-20-21-11-19-16-14-4-2-3-5-15(14)24-17(16)18(21)22/h2-11H,1H3/b20-10+. The van der Waals surface area contributed by atoms with Gasteiger partial charge < -0.3 is 4.74 Å².